The van der Waals surface area contributed by atoms with Crippen LogP contribution in [0.25, 0.3) is 0 Å². The number of hydrogen-bond donors (Lipinski definition) is 1. The van der Waals surface area contributed by atoms with Crippen LogP contribution in [0.1, 0.15) is 31.9 Å². The van der Waals surface area contributed by atoms with E-state index >= 15 is 0 Å². The van der Waals surface area contributed by atoms with Crippen molar-refractivity contribution in [2.45, 2.75) is 31.6 Å². The van der Waals surface area contributed by atoms with Crippen LogP contribution in [0.3, 0.4) is 0 Å². The van der Waals surface area contributed by atoms with Gasteiger partial charge in [0.2, 0.25) is 0 Å². The maximum Gasteiger partial charge on any atom is 0.128 e. The summed E-state index contributed by atoms with van der Waals surface area (Å²) in [5.74, 6) is 2.34. The van der Waals surface area contributed by atoms with Crippen LogP contribution in [-0.2, 0) is 0 Å². The number of nitrogens with zero attached hydrogens (tertiary/aromatic N) is 2. The van der Waals surface area contributed by atoms with E-state index in [1.54, 1.807) is 0 Å². The maximum absolute atomic E-state index is 4.62. The summed E-state index contributed by atoms with van der Waals surface area (Å²) >= 11 is 2.09. The van der Waals surface area contributed by atoms with Crippen molar-refractivity contribution in [2.75, 3.05) is 30.8 Å². The molecular weight excluding hydrogens is 242 g/mol. The largest absolute Gasteiger partial charge is 0.355 e. The fourth-order valence-corrected chi connectivity index (χ4v) is 3.36. The van der Waals surface area contributed by atoms with Crippen LogP contribution in [0, 0.1) is 0 Å². The van der Waals surface area contributed by atoms with Crippen molar-refractivity contribution in [1.29, 1.82) is 0 Å². The van der Waals surface area contributed by atoms with Crippen molar-refractivity contribution in [3.8, 4) is 0 Å². The molecule has 0 radical (unpaired) electrons. The van der Waals surface area contributed by atoms with Gasteiger partial charge in [0, 0.05) is 36.3 Å². The Hall–Kier alpha value is -0.740. The lowest BCUT2D eigenvalue weighted by molar-refractivity contribution is 0.648. The Morgan fingerprint density at radius 2 is 2.39 bits per heavy atom. The predicted octanol–water partition coefficient (Wildman–Crippen LogP) is 2.69. The van der Waals surface area contributed by atoms with Crippen LogP contribution in [0.5, 0.6) is 0 Å². The SMILES string of the molecule is CCC1CN(c2ccc(C(C)NC)cn2)CCS1. The molecule has 0 amide bonds. The molecule has 1 aromatic rings. The van der Waals surface area contributed by atoms with E-state index in [0.717, 1.165) is 24.2 Å². The molecule has 2 atom stereocenters. The second kappa shape index (κ2) is 6.43. The molecule has 0 aliphatic carbocycles. The molecule has 1 saturated heterocycles. The third-order valence-electron chi connectivity index (χ3n) is 3.62. The first-order valence-electron chi connectivity index (χ1n) is 6.74. The normalized spacial score (nSPS) is 21.9. The Morgan fingerprint density at radius 1 is 1.56 bits per heavy atom. The summed E-state index contributed by atoms with van der Waals surface area (Å²) in [4.78, 5) is 7.03. The molecule has 1 fully saturated rings. The number of aromatic nitrogens is 1. The van der Waals surface area contributed by atoms with Crippen LogP contribution < -0.4 is 10.2 Å². The zero-order chi connectivity index (χ0) is 13.0. The second-order valence-corrected chi connectivity index (χ2v) is 6.22. The van der Waals surface area contributed by atoms with Gasteiger partial charge in [0.1, 0.15) is 5.82 Å². The average Bonchev–Trinajstić information content (AvgIpc) is 2.46. The number of hydrogen-bond acceptors (Lipinski definition) is 4. The minimum Gasteiger partial charge on any atom is -0.355 e. The van der Waals surface area contributed by atoms with E-state index in [2.05, 4.69) is 52.9 Å². The number of thioether (sulfide) groups is 1. The van der Waals surface area contributed by atoms with E-state index in [1.807, 2.05) is 13.2 Å². The van der Waals surface area contributed by atoms with Gasteiger partial charge in [-0.15, -0.1) is 0 Å². The first kappa shape index (κ1) is 13.7. The molecule has 1 aliphatic heterocycles. The number of nitrogens with one attached hydrogen (secondary N) is 1. The summed E-state index contributed by atoms with van der Waals surface area (Å²) in [5.41, 5.74) is 1.25. The molecule has 1 aromatic heterocycles. The fraction of sp³-hybridized carbons (Fsp3) is 0.643. The Morgan fingerprint density at radius 3 is 3.00 bits per heavy atom. The topological polar surface area (TPSA) is 28.2 Å². The van der Waals surface area contributed by atoms with Crippen molar-refractivity contribution in [1.82, 2.24) is 10.3 Å². The molecule has 2 unspecified atom stereocenters. The summed E-state index contributed by atoms with van der Waals surface area (Å²) in [6.45, 7) is 6.68. The van der Waals surface area contributed by atoms with E-state index in [0.29, 0.717) is 6.04 Å². The van der Waals surface area contributed by atoms with Crippen molar-refractivity contribution >= 4 is 17.6 Å². The number of pyridine rings is 1. The van der Waals surface area contributed by atoms with Gasteiger partial charge in [0.05, 0.1) is 0 Å². The highest BCUT2D eigenvalue weighted by Crippen LogP contribution is 2.25. The molecule has 1 aliphatic rings. The van der Waals surface area contributed by atoms with Gasteiger partial charge >= 0.3 is 0 Å². The molecule has 3 nitrogen and oxygen atoms in total. The van der Waals surface area contributed by atoms with Gasteiger partial charge in [-0.25, -0.2) is 4.98 Å². The van der Waals surface area contributed by atoms with Crippen LogP contribution >= 0.6 is 11.8 Å². The van der Waals surface area contributed by atoms with Crippen molar-refractivity contribution in [2.24, 2.45) is 0 Å². The molecule has 4 heteroatoms. The Bertz CT molecular complexity index is 366. The van der Waals surface area contributed by atoms with Crippen LogP contribution in [-0.4, -0.2) is 36.1 Å². The highest BCUT2D eigenvalue weighted by Gasteiger charge is 2.19. The Labute approximate surface area is 114 Å². The van der Waals surface area contributed by atoms with Gasteiger partial charge < -0.3 is 10.2 Å². The lowest BCUT2D eigenvalue weighted by Crippen LogP contribution is -2.38. The van der Waals surface area contributed by atoms with E-state index in [4.69, 9.17) is 0 Å². The number of rotatable bonds is 4. The molecule has 0 saturated carbocycles. The second-order valence-electron chi connectivity index (χ2n) is 4.81. The maximum atomic E-state index is 4.62. The first-order valence-corrected chi connectivity index (χ1v) is 7.79. The average molecular weight is 265 g/mol. The van der Waals surface area contributed by atoms with E-state index < -0.39 is 0 Å². The third-order valence-corrected chi connectivity index (χ3v) is 4.99. The quantitative estimate of drug-likeness (QED) is 0.906. The van der Waals surface area contributed by atoms with Crippen LogP contribution in [0.4, 0.5) is 5.82 Å². The van der Waals surface area contributed by atoms with Gasteiger partial charge in [-0.3, -0.25) is 0 Å². The van der Waals surface area contributed by atoms with E-state index in [9.17, 15) is 0 Å². The van der Waals surface area contributed by atoms with Crippen molar-refractivity contribution < 1.29 is 0 Å². The zero-order valence-electron chi connectivity index (χ0n) is 11.5. The standard InChI is InChI=1S/C14H23N3S/c1-4-13-10-17(7-8-18-13)14-6-5-12(9-16-14)11(2)15-3/h5-6,9,11,13,15H,4,7-8,10H2,1-3H3. The molecule has 18 heavy (non-hydrogen) atoms. The molecular formula is C14H23N3S. The molecule has 2 heterocycles. The van der Waals surface area contributed by atoms with Gasteiger partial charge in [-0.2, -0.15) is 11.8 Å². The Kier molecular flexibility index (Phi) is 4.89. The molecule has 1 N–H and O–H groups in total. The Balaban J connectivity index is 2.04. The number of anilines is 1. The van der Waals surface area contributed by atoms with Gasteiger partial charge in [-0.1, -0.05) is 13.0 Å². The highest BCUT2D eigenvalue weighted by molar-refractivity contribution is 8.00. The zero-order valence-corrected chi connectivity index (χ0v) is 12.3. The van der Waals surface area contributed by atoms with Gasteiger partial charge in [0.15, 0.2) is 0 Å². The van der Waals surface area contributed by atoms with Gasteiger partial charge in [0.25, 0.3) is 0 Å². The fourth-order valence-electron chi connectivity index (χ4n) is 2.18. The lowest BCUT2D eigenvalue weighted by atomic mass is 10.1. The summed E-state index contributed by atoms with van der Waals surface area (Å²) in [7, 11) is 1.98. The molecule has 2 rings (SSSR count). The van der Waals surface area contributed by atoms with E-state index in [-0.39, 0.29) is 0 Å². The van der Waals surface area contributed by atoms with Crippen LogP contribution in [0.15, 0.2) is 18.3 Å². The van der Waals surface area contributed by atoms with Crippen molar-refractivity contribution in [3.63, 3.8) is 0 Å². The first-order chi connectivity index (χ1) is 8.74. The van der Waals surface area contributed by atoms with Crippen molar-refractivity contribution in [3.05, 3.63) is 23.9 Å². The third kappa shape index (κ3) is 3.18. The molecule has 0 bridgehead atoms. The minimum atomic E-state index is 0.367. The monoisotopic (exact) mass is 265 g/mol. The summed E-state index contributed by atoms with van der Waals surface area (Å²) in [5, 5.41) is 4.00. The highest BCUT2D eigenvalue weighted by atomic mass is 32.2. The smallest absolute Gasteiger partial charge is 0.128 e. The van der Waals surface area contributed by atoms with Crippen LogP contribution in [0.2, 0.25) is 0 Å². The van der Waals surface area contributed by atoms with Gasteiger partial charge in [-0.05, 0) is 32.0 Å². The predicted molar refractivity (Wildman–Crippen MR) is 80.5 cm³/mol. The molecule has 0 spiro atoms. The summed E-state index contributed by atoms with van der Waals surface area (Å²) < 4.78 is 0. The summed E-state index contributed by atoms with van der Waals surface area (Å²) in [6.07, 6.45) is 3.25. The lowest BCUT2D eigenvalue weighted by Gasteiger charge is -2.32. The molecule has 0 aromatic carbocycles. The molecule has 100 valence electrons. The van der Waals surface area contributed by atoms with E-state index in [1.165, 1.54) is 17.7 Å². The minimum absolute atomic E-state index is 0.367. The summed E-state index contributed by atoms with van der Waals surface area (Å²) in [6, 6.07) is 4.71.